The van der Waals surface area contributed by atoms with Crippen molar-refractivity contribution >= 4 is 5.78 Å². The molecule has 136 valence electrons. The van der Waals surface area contributed by atoms with Gasteiger partial charge in [0, 0.05) is 32.2 Å². The molecule has 3 aliphatic carbocycles. The molecule has 5 nitrogen and oxygen atoms in total. The van der Waals surface area contributed by atoms with Gasteiger partial charge in [-0.2, -0.15) is 0 Å². The van der Waals surface area contributed by atoms with Crippen LogP contribution in [0, 0.1) is 29.6 Å². The molecule has 0 radical (unpaired) electrons. The van der Waals surface area contributed by atoms with Crippen LogP contribution in [0.15, 0.2) is 0 Å². The van der Waals surface area contributed by atoms with E-state index in [2.05, 4.69) is 7.05 Å². The van der Waals surface area contributed by atoms with E-state index < -0.39 is 6.10 Å². The standard InChI is InChI=1S/C19H30NO4/c1-20-8-7-10-9-13(24-3)19(22)16-14(10)17(20)18(21)11-5-4-6-12(23-2)15(11)16/h10-17,19H,4-9H2,1-3H3/q-1/p+1. The summed E-state index contributed by atoms with van der Waals surface area (Å²) in [7, 11) is 5.57. The van der Waals surface area contributed by atoms with E-state index >= 15 is 0 Å². The number of carbonyl (C=O) groups is 1. The van der Waals surface area contributed by atoms with Crippen LogP contribution >= 0.6 is 0 Å². The quantitative estimate of drug-likeness (QED) is 0.723. The Morgan fingerprint density at radius 2 is 1.79 bits per heavy atom. The molecule has 10 unspecified atom stereocenters. The molecule has 3 saturated carbocycles. The Morgan fingerprint density at radius 3 is 2.50 bits per heavy atom. The van der Waals surface area contributed by atoms with Gasteiger partial charge in [-0.15, -0.1) is 0 Å². The van der Waals surface area contributed by atoms with Crippen molar-refractivity contribution in [3.8, 4) is 0 Å². The van der Waals surface area contributed by atoms with Crippen molar-refractivity contribution in [3.63, 3.8) is 0 Å². The number of Topliss-reactive ketones (excluding diaryl/α,β-unsaturated/α-hetero) is 1. The molecule has 0 bridgehead atoms. The molecule has 4 aliphatic rings. The van der Waals surface area contributed by atoms with E-state index in [0.29, 0.717) is 11.7 Å². The molecule has 1 saturated heterocycles. The Kier molecular flexibility index (Phi) is 4.48. The second kappa shape index (κ2) is 6.35. The van der Waals surface area contributed by atoms with E-state index in [4.69, 9.17) is 9.47 Å². The van der Waals surface area contributed by atoms with Crippen molar-refractivity contribution in [1.82, 2.24) is 0 Å². The number of carbonyl (C=O) groups excluding carboxylic acids is 1. The predicted octanol–water partition coefficient (Wildman–Crippen LogP) is -0.716. The Morgan fingerprint density at radius 1 is 1.04 bits per heavy atom. The second-order valence-corrected chi connectivity index (χ2v) is 8.54. The lowest BCUT2D eigenvalue weighted by molar-refractivity contribution is -0.910. The minimum absolute atomic E-state index is 0.0238. The number of hydrogen-bond donors (Lipinski definition) is 1. The molecule has 0 amide bonds. The average Bonchev–Trinajstić information content (AvgIpc) is 2.60. The first-order valence-corrected chi connectivity index (χ1v) is 9.66. The molecule has 0 spiro atoms. The van der Waals surface area contributed by atoms with E-state index in [1.54, 1.807) is 14.2 Å². The summed E-state index contributed by atoms with van der Waals surface area (Å²) in [5.41, 5.74) is 0. The van der Waals surface area contributed by atoms with Gasteiger partial charge in [-0.3, -0.25) is 4.79 Å². The van der Waals surface area contributed by atoms with E-state index in [-0.39, 0.29) is 41.9 Å². The number of piperidine rings is 1. The van der Waals surface area contributed by atoms with Crippen LogP contribution in [0.5, 0.6) is 0 Å². The van der Waals surface area contributed by atoms with E-state index in [1.807, 2.05) is 0 Å². The maximum absolute atomic E-state index is 13.3. The average molecular weight is 337 g/mol. The SMILES string of the molecule is COC1CC2CC[NH+](C)C3C(=O)C4CCCC(OC)C4C(C1[O-])C23. The number of nitrogens with one attached hydrogen (secondary N) is 1. The lowest BCUT2D eigenvalue weighted by Crippen LogP contribution is -3.17. The summed E-state index contributed by atoms with van der Waals surface area (Å²) >= 11 is 0. The van der Waals surface area contributed by atoms with Gasteiger partial charge in [-0.1, -0.05) is 12.5 Å². The molecule has 4 fully saturated rings. The molecule has 10 atom stereocenters. The van der Waals surface area contributed by atoms with Gasteiger partial charge >= 0.3 is 0 Å². The van der Waals surface area contributed by atoms with Crippen molar-refractivity contribution in [2.75, 3.05) is 27.8 Å². The summed E-state index contributed by atoms with van der Waals surface area (Å²) in [5, 5.41) is 13.3. The van der Waals surface area contributed by atoms with Crippen LogP contribution < -0.4 is 10.0 Å². The van der Waals surface area contributed by atoms with Crippen LogP contribution in [-0.4, -0.2) is 57.9 Å². The first-order valence-electron chi connectivity index (χ1n) is 9.66. The Labute approximate surface area is 144 Å². The van der Waals surface area contributed by atoms with Gasteiger partial charge in [0.05, 0.1) is 19.7 Å². The fourth-order valence-electron chi connectivity index (χ4n) is 6.75. The molecular weight excluding hydrogens is 306 g/mol. The van der Waals surface area contributed by atoms with Crippen LogP contribution in [-0.2, 0) is 14.3 Å². The lowest BCUT2D eigenvalue weighted by Gasteiger charge is -2.62. The highest BCUT2D eigenvalue weighted by molar-refractivity contribution is 5.87. The molecule has 0 aromatic heterocycles. The fourth-order valence-corrected chi connectivity index (χ4v) is 6.75. The number of methoxy groups -OCH3 is 2. The molecule has 4 rings (SSSR count). The van der Waals surface area contributed by atoms with Crippen LogP contribution in [0.1, 0.15) is 32.1 Å². The predicted molar refractivity (Wildman–Crippen MR) is 86.5 cm³/mol. The summed E-state index contributed by atoms with van der Waals surface area (Å²) < 4.78 is 11.4. The van der Waals surface area contributed by atoms with Gasteiger partial charge in [0.2, 0.25) is 0 Å². The Bertz CT molecular complexity index is 496. The van der Waals surface area contributed by atoms with Gasteiger partial charge < -0.3 is 19.5 Å². The third-order valence-corrected chi connectivity index (χ3v) is 7.71. The number of likely N-dealkylation sites (N-methyl/N-ethyl adjacent to an activating group) is 1. The molecule has 1 aliphatic heterocycles. The summed E-state index contributed by atoms with van der Waals surface area (Å²) in [6.45, 7) is 1.04. The normalized spacial score (nSPS) is 54.1. The smallest absolute Gasteiger partial charge is 0.193 e. The van der Waals surface area contributed by atoms with Gasteiger partial charge in [0.15, 0.2) is 5.78 Å². The summed E-state index contributed by atoms with van der Waals surface area (Å²) in [6.07, 6.45) is 4.03. The van der Waals surface area contributed by atoms with Gasteiger partial charge in [-0.05, 0) is 43.4 Å². The molecule has 0 aromatic rings. The number of likely N-dealkylation sites (tertiary alicyclic amines) is 1. The first kappa shape index (κ1) is 17.0. The zero-order valence-electron chi connectivity index (χ0n) is 15.1. The van der Waals surface area contributed by atoms with Gasteiger partial charge in [0.25, 0.3) is 0 Å². The minimum Gasteiger partial charge on any atom is -0.850 e. The summed E-state index contributed by atoms with van der Waals surface area (Å²) in [5.74, 6) is 1.28. The van der Waals surface area contributed by atoms with Crippen molar-refractivity contribution in [1.29, 1.82) is 0 Å². The molecule has 1 heterocycles. The maximum atomic E-state index is 13.3. The monoisotopic (exact) mass is 337 g/mol. The third-order valence-electron chi connectivity index (χ3n) is 7.71. The van der Waals surface area contributed by atoms with Crippen LogP contribution in [0.25, 0.3) is 0 Å². The molecule has 1 N–H and O–H groups in total. The number of fused-ring (bicyclic) bond motifs is 2. The zero-order chi connectivity index (χ0) is 17.0. The molecule has 24 heavy (non-hydrogen) atoms. The number of ether oxygens (including phenoxy) is 2. The molecular formula is C19H31NO4. The minimum atomic E-state index is -0.721. The highest BCUT2D eigenvalue weighted by atomic mass is 16.5. The zero-order valence-corrected chi connectivity index (χ0v) is 15.1. The second-order valence-electron chi connectivity index (χ2n) is 8.54. The Hall–Kier alpha value is -0.490. The highest BCUT2D eigenvalue weighted by Gasteiger charge is 2.62. The van der Waals surface area contributed by atoms with Crippen LogP contribution in [0.2, 0.25) is 0 Å². The summed E-state index contributed by atoms with van der Waals surface area (Å²) in [4.78, 5) is 14.7. The number of rotatable bonds is 2. The summed E-state index contributed by atoms with van der Waals surface area (Å²) in [6, 6.07) is 0.0277. The number of quaternary nitrogens is 1. The molecule has 0 aromatic carbocycles. The maximum Gasteiger partial charge on any atom is 0.193 e. The van der Waals surface area contributed by atoms with Crippen molar-refractivity contribution in [2.45, 2.75) is 56.5 Å². The van der Waals surface area contributed by atoms with Crippen LogP contribution in [0.3, 0.4) is 0 Å². The third kappa shape index (κ3) is 2.32. The highest BCUT2D eigenvalue weighted by Crippen LogP contribution is 2.53. The van der Waals surface area contributed by atoms with Gasteiger partial charge in [0.1, 0.15) is 6.04 Å². The van der Waals surface area contributed by atoms with E-state index in [9.17, 15) is 9.90 Å². The van der Waals surface area contributed by atoms with E-state index in [0.717, 1.165) is 38.6 Å². The van der Waals surface area contributed by atoms with Crippen LogP contribution in [0.4, 0.5) is 0 Å². The first-order chi connectivity index (χ1) is 11.6. The topological polar surface area (TPSA) is 63.0 Å². The van der Waals surface area contributed by atoms with Gasteiger partial charge in [-0.25, -0.2) is 0 Å². The van der Waals surface area contributed by atoms with E-state index in [1.165, 1.54) is 4.90 Å². The van der Waals surface area contributed by atoms with Crippen molar-refractivity contribution < 1.29 is 24.3 Å². The molecule has 5 heteroatoms. The Balaban J connectivity index is 1.77. The number of hydrogen-bond acceptors (Lipinski definition) is 4. The van der Waals surface area contributed by atoms with Crippen molar-refractivity contribution in [2.24, 2.45) is 29.6 Å². The largest absolute Gasteiger partial charge is 0.850 e. The lowest BCUT2D eigenvalue weighted by atomic mass is 9.50. The fraction of sp³-hybridized carbons (Fsp3) is 0.947. The number of ketones is 1. The van der Waals surface area contributed by atoms with Crippen molar-refractivity contribution in [3.05, 3.63) is 0 Å².